The zero-order chi connectivity index (χ0) is 16.9. The Morgan fingerprint density at radius 3 is 2.65 bits per heavy atom. The Hall–Kier alpha value is -2.08. The number of rotatable bonds is 6. The average Bonchev–Trinajstić information content (AvgIpc) is 2.48. The van der Waals surface area contributed by atoms with Gasteiger partial charge in [0, 0.05) is 13.1 Å². The number of carbonyl (C=O) groups is 2. The molecule has 1 heterocycles. The van der Waals surface area contributed by atoms with E-state index in [1.807, 2.05) is 31.2 Å². The van der Waals surface area contributed by atoms with Crippen LogP contribution < -0.4 is 10.5 Å². The molecule has 0 bridgehead atoms. The number of nitrogens with zero attached hydrogens (tertiary/aromatic N) is 1. The van der Waals surface area contributed by atoms with Crippen LogP contribution in [0, 0.1) is 0 Å². The van der Waals surface area contributed by atoms with E-state index in [1.165, 1.54) is 0 Å². The molecule has 2 rings (SSSR count). The van der Waals surface area contributed by atoms with Crippen molar-refractivity contribution in [2.75, 3.05) is 19.7 Å². The van der Waals surface area contributed by atoms with Crippen molar-refractivity contribution in [3.63, 3.8) is 0 Å². The van der Waals surface area contributed by atoms with Gasteiger partial charge in [-0.05, 0) is 37.5 Å². The summed E-state index contributed by atoms with van der Waals surface area (Å²) in [6, 6.07) is 7.41. The van der Waals surface area contributed by atoms with Crippen molar-refractivity contribution < 1.29 is 19.4 Å². The van der Waals surface area contributed by atoms with Crippen LogP contribution >= 0.6 is 0 Å². The Bertz CT molecular complexity index is 558. The van der Waals surface area contributed by atoms with E-state index in [2.05, 4.69) is 0 Å². The number of amides is 2. The highest BCUT2D eigenvalue weighted by molar-refractivity contribution is 5.79. The van der Waals surface area contributed by atoms with Crippen molar-refractivity contribution in [2.45, 2.75) is 38.2 Å². The summed E-state index contributed by atoms with van der Waals surface area (Å²) in [4.78, 5) is 25.1. The van der Waals surface area contributed by atoms with Gasteiger partial charge >= 0.3 is 0 Å². The third-order valence-electron chi connectivity index (χ3n) is 4.00. The minimum atomic E-state index is -1.20. The number of benzene rings is 1. The molecule has 1 fully saturated rings. The van der Waals surface area contributed by atoms with E-state index in [4.69, 9.17) is 10.5 Å². The monoisotopic (exact) mass is 320 g/mol. The van der Waals surface area contributed by atoms with Crippen molar-refractivity contribution in [3.8, 4) is 5.75 Å². The summed E-state index contributed by atoms with van der Waals surface area (Å²) in [5, 5.41) is 10.4. The molecular weight excluding hydrogens is 296 g/mol. The van der Waals surface area contributed by atoms with Gasteiger partial charge in [-0.2, -0.15) is 0 Å². The fourth-order valence-corrected chi connectivity index (χ4v) is 2.95. The van der Waals surface area contributed by atoms with Gasteiger partial charge < -0.3 is 20.5 Å². The summed E-state index contributed by atoms with van der Waals surface area (Å²) in [5.74, 6) is 0.169. The van der Waals surface area contributed by atoms with E-state index < -0.39 is 11.5 Å². The highest BCUT2D eigenvalue weighted by atomic mass is 16.5. The number of carbonyl (C=O) groups excluding carboxylic acids is 2. The highest BCUT2D eigenvalue weighted by Gasteiger charge is 2.36. The van der Waals surface area contributed by atoms with E-state index >= 15 is 0 Å². The van der Waals surface area contributed by atoms with Gasteiger partial charge in [-0.3, -0.25) is 9.59 Å². The lowest BCUT2D eigenvalue weighted by Crippen LogP contribution is -2.52. The number of ether oxygens (including phenoxy) is 1. The second-order valence-corrected chi connectivity index (χ2v) is 6.04. The van der Waals surface area contributed by atoms with Crippen LogP contribution in [0.3, 0.4) is 0 Å². The number of β-amino-alcohol motifs (C(OH)–C–C–N with tert-alkyl or cyclic N) is 1. The van der Waals surface area contributed by atoms with Gasteiger partial charge in [-0.1, -0.05) is 12.1 Å². The molecule has 0 aliphatic carbocycles. The van der Waals surface area contributed by atoms with Crippen LogP contribution in [0.5, 0.6) is 5.75 Å². The first-order chi connectivity index (χ1) is 10.9. The van der Waals surface area contributed by atoms with Gasteiger partial charge in [-0.15, -0.1) is 0 Å². The zero-order valence-corrected chi connectivity index (χ0v) is 13.5. The van der Waals surface area contributed by atoms with Crippen molar-refractivity contribution in [1.82, 2.24) is 4.90 Å². The second kappa shape index (κ2) is 7.46. The third kappa shape index (κ3) is 4.96. The van der Waals surface area contributed by atoms with E-state index in [0.717, 1.165) is 11.3 Å². The second-order valence-electron chi connectivity index (χ2n) is 6.04. The van der Waals surface area contributed by atoms with Crippen molar-refractivity contribution in [3.05, 3.63) is 29.8 Å². The number of primary amides is 1. The molecule has 6 nitrogen and oxygen atoms in total. The van der Waals surface area contributed by atoms with Crippen LogP contribution in [0.15, 0.2) is 24.3 Å². The largest absolute Gasteiger partial charge is 0.494 e. The van der Waals surface area contributed by atoms with Gasteiger partial charge in [0.2, 0.25) is 11.8 Å². The fraction of sp³-hybridized carbons (Fsp3) is 0.529. The Morgan fingerprint density at radius 2 is 2.04 bits per heavy atom. The molecule has 0 radical (unpaired) electrons. The summed E-state index contributed by atoms with van der Waals surface area (Å²) in [6.07, 6.45) is 1.31. The Kier molecular flexibility index (Phi) is 5.60. The smallest absolute Gasteiger partial charge is 0.227 e. The predicted octanol–water partition coefficient (Wildman–Crippen LogP) is 0.857. The lowest BCUT2D eigenvalue weighted by atomic mass is 9.89. The minimum absolute atomic E-state index is 0.0586. The Labute approximate surface area is 136 Å². The number of likely N-dealkylation sites (tertiary alicyclic amines) is 1. The average molecular weight is 320 g/mol. The van der Waals surface area contributed by atoms with E-state index in [1.54, 1.807) is 4.90 Å². The molecule has 2 amide bonds. The molecule has 126 valence electrons. The Morgan fingerprint density at radius 1 is 1.35 bits per heavy atom. The first-order valence-corrected chi connectivity index (χ1v) is 7.92. The van der Waals surface area contributed by atoms with E-state index in [0.29, 0.717) is 26.0 Å². The van der Waals surface area contributed by atoms with Crippen molar-refractivity contribution >= 4 is 11.8 Å². The number of nitrogens with two attached hydrogens (primary N) is 1. The van der Waals surface area contributed by atoms with Gasteiger partial charge in [0.05, 0.1) is 25.0 Å². The predicted molar refractivity (Wildman–Crippen MR) is 85.9 cm³/mol. The molecule has 1 aromatic carbocycles. The summed E-state index contributed by atoms with van der Waals surface area (Å²) < 4.78 is 5.37. The standard InChI is InChI=1S/C17H24N2O4/c1-2-23-14-6-4-13(5-7-14)10-16(21)19-9-3-8-17(22,12-19)11-15(18)20/h4-7,22H,2-3,8-12H2,1H3,(H2,18,20). The van der Waals surface area contributed by atoms with Crippen LogP contribution in [-0.4, -0.2) is 47.1 Å². The van der Waals surface area contributed by atoms with Gasteiger partial charge in [0.1, 0.15) is 5.75 Å². The van der Waals surface area contributed by atoms with Gasteiger partial charge in [0.25, 0.3) is 0 Å². The maximum absolute atomic E-state index is 12.4. The first-order valence-electron chi connectivity index (χ1n) is 7.92. The Balaban J connectivity index is 1.95. The van der Waals surface area contributed by atoms with Gasteiger partial charge in [0.15, 0.2) is 0 Å². The normalized spacial score (nSPS) is 21.0. The number of hydrogen-bond acceptors (Lipinski definition) is 4. The number of piperidine rings is 1. The molecule has 0 spiro atoms. The van der Waals surface area contributed by atoms with Crippen LogP contribution in [-0.2, 0) is 16.0 Å². The molecule has 1 aromatic rings. The van der Waals surface area contributed by atoms with Crippen LogP contribution in [0.25, 0.3) is 0 Å². The molecule has 1 unspecified atom stereocenters. The molecule has 3 N–H and O–H groups in total. The topological polar surface area (TPSA) is 92.9 Å². The number of hydrogen-bond donors (Lipinski definition) is 2. The van der Waals surface area contributed by atoms with Crippen LogP contribution in [0.1, 0.15) is 31.7 Å². The van der Waals surface area contributed by atoms with Crippen molar-refractivity contribution in [2.24, 2.45) is 5.73 Å². The van der Waals surface area contributed by atoms with E-state index in [-0.39, 0.29) is 25.3 Å². The zero-order valence-electron chi connectivity index (χ0n) is 13.5. The summed E-state index contributed by atoms with van der Waals surface area (Å²) >= 11 is 0. The molecule has 1 aliphatic rings. The van der Waals surface area contributed by atoms with Gasteiger partial charge in [-0.25, -0.2) is 0 Å². The minimum Gasteiger partial charge on any atom is -0.494 e. The molecule has 1 saturated heterocycles. The van der Waals surface area contributed by atoms with E-state index in [9.17, 15) is 14.7 Å². The summed E-state index contributed by atoms with van der Waals surface area (Å²) in [6.45, 7) is 3.27. The fourth-order valence-electron chi connectivity index (χ4n) is 2.95. The lowest BCUT2D eigenvalue weighted by molar-refractivity contribution is -0.141. The quantitative estimate of drug-likeness (QED) is 0.813. The SMILES string of the molecule is CCOc1ccc(CC(=O)N2CCCC(O)(CC(N)=O)C2)cc1. The molecule has 1 atom stereocenters. The maximum Gasteiger partial charge on any atom is 0.227 e. The first kappa shape index (κ1) is 17.3. The maximum atomic E-state index is 12.4. The summed E-state index contributed by atoms with van der Waals surface area (Å²) in [7, 11) is 0. The molecule has 0 aromatic heterocycles. The van der Waals surface area contributed by atoms with Crippen molar-refractivity contribution in [1.29, 1.82) is 0 Å². The number of aliphatic hydroxyl groups is 1. The highest BCUT2D eigenvalue weighted by Crippen LogP contribution is 2.25. The molecule has 23 heavy (non-hydrogen) atoms. The van der Waals surface area contributed by atoms with Crippen LogP contribution in [0.2, 0.25) is 0 Å². The molecular formula is C17H24N2O4. The van der Waals surface area contributed by atoms with Crippen LogP contribution in [0.4, 0.5) is 0 Å². The summed E-state index contributed by atoms with van der Waals surface area (Å²) in [5.41, 5.74) is 4.87. The molecule has 1 aliphatic heterocycles. The lowest BCUT2D eigenvalue weighted by Gasteiger charge is -2.38. The molecule has 6 heteroatoms. The molecule has 0 saturated carbocycles. The third-order valence-corrected chi connectivity index (χ3v) is 4.00.